The molecule has 4 atom stereocenters. The summed E-state index contributed by atoms with van der Waals surface area (Å²) in [6, 6.07) is 17.2. The summed E-state index contributed by atoms with van der Waals surface area (Å²) in [6.45, 7) is 6.52. The van der Waals surface area contributed by atoms with Gasteiger partial charge in [0.25, 0.3) is 5.91 Å². The molecule has 1 N–H and O–H groups in total. The van der Waals surface area contributed by atoms with Crippen LogP contribution in [-0.4, -0.2) is 79.3 Å². The van der Waals surface area contributed by atoms with E-state index in [0.29, 0.717) is 30.6 Å². The molecule has 1 heterocycles. The van der Waals surface area contributed by atoms with E-state index in [1.54, 1.807) is 13.0 Å². The van der Waals surface area contributed by atoms with E-state index >= 15 is 0 Å². The molecule has 7 nitrogen and oxygen atoms in total. The Hall–Kier alpha value is -2.71. The van der Waals surface area contributed by atoms with Crippen LogP contribution in [0.25, 0.3) is 11.1 Å². The molecule has 8 heteroatoms. The van der Waals surface area contributed by atoms with Crippen molar-refractivity contribution in [2.24, 2.45) is 5.92 Å². The van der Waals surface area contributed by atoms with Gasteiger partial charge in [0.15, 0.2) is 0 Å². The zero-order valence-electron chi connectivity index (χ0n) is 23.0. The van der Waals surface area contributed by atoms with E-state index in [0.717, 1.165) is 30.4 Å². The minimum Gasteiger partial charge on any atom is -0.340 e. The van der Waals surface area contributed by atoms with Gasteiger partial charge < -0.3 is 15.1 Å². The van der Waals surface area contributed by atoms with Gasteiger partial charge in [-0.3, -0.25) is 9.59 Å². The number of nitrogens with one attached hydrogen (secondary N) is 1. The predicted octanol–water partition coefficient (Wildman–Crippen LogP) is 4.00. The molecule has 2 fully saturated rings. The summed E-state index contributed by atoms with van der Waals surface area (Å²) in [5, 5.41) is 2.95. The number of nitrogens with zero attached hydrogens (tertiary/aromatic N) is 2. The molecule has 38 heavy (non-hydrogen) atoms. The lowest BCUT2D eigenvalue weighted by Gasteiger charge is -2.44. The molecule has 1 aliphatic carbocycles. The highest BCUT2D eigenvalue weighted by Gasteiger charge is 2.44. The SMILES string of the molecule is CCS(=O)(=O)C[C@@H]1C[C@H](N(C)C(C)C)CC[C@@H]1N1CC[C@H](NC(=O)c2cccc(-c3ccccc3)c2)C1=O. The van der Waals surface area contributed by atoms with E-state index in [2.05, 4.69) is 31.1 Å². The summed E-state index contributed by atoms with van der Waals surface area (Å²) >= 11 is 0. The van der Waals surface area contributed by atoms with Crippen molar-refractivity contribution in [3.8, 4) is 11.1 Å². The summed E-state index contributed by atoms with van der Waals surface area (Å²) < 4.78 is 25.3. The van der Waals surface area contributed by atoms with Crippen LogP contribution in [0.3, 0.4) is 0 Å². The molecule has 0 spiro atoms. The summed E-state index contributed by atoms with van der Waals surface area (Å²) in [5.41, 5.74) is 2.49. The average Bonchev–Trinajstić information content (AvgIpc) is 3.27. The number of benzene rings is 2. The topological polar surface area (TPSA) is 86.8 Å². The molecule has 1 saturated carbocycles. The Morgan fingerprint density at radius 3 is 2.45 bits per heavy atom. The molecule has 0 bridgehead atoms. The van der Waals surface area contributed by atoms with Crippen molar-refractivity contribution < 1.29 is 18.0 Å². The molecule has 206 valence electrons. The number of sulfone groups is 1. The Kier molecular flexibility index (Phi) is 8.93. The Balaban J connectivity index is 1.46. The van der Waals surface area contributed by atoms with Crippen molar-refractivity contribution in [2.45, 2.75) is 70.6 Å². The van der Waals surface area contributed by atoms with Crippen molar-refractivity contribution in [3.63, 3.8) is 0 Å². The largest absolute Gasteiger partial charge is 0.340 e. The second-order valence-corrected chi connectivity index (χ2v) is 13.4. The summed E-state index contributed by atoms with van der Waals surface area (Å²) in [6.07, 6.45) is 2.99. The average molecular weight is 540 g/mol. The highest BCUT2D eigenvalue weighted by Crippen LogP contribution is 2.35. The third kappa shape index (κ3) is 6.46. The quantitative estimate of drug-likeness (QED) is 0.521. The molecular weight excluding hydrogens is 498 g/mol. The van der Waals surface area contributed by atoms with Gasteiger partial charge in [0.1, 0.15) is 15.9 Å². The van der Waals surface area contributed by atoms with E-state index in [-0.39, 0.29) is 35.3 Å². The van der Waals surface area contributed by atoms with Crippen LogP contribution in [0.15, 0.2) is 54.6 Å². The van der Waals surface area contributed by atoms with E-state index < -0.39 is 15.9 Å². The predicted molar refractivity (Wildman–Crippen MR) is 152 cm³/mol. The fourth-order valence-corrected chi connectivity index (χ4v) is 7.17. The van der Waals surface area contributed by atoms with Crippen molar-refractivity contribution >= 4 is 21.7 Å². The van der Waals surface area contributed by atoms with Gasteiger partial charge in [-0.05, 0) is 75.8 Å². The highest BCUT2D eigenvalue weighted by atomic mass is 32.2. The monoisotopic (exact) mass is 539 g/mol. The van der Waals surface area contributed by atoms with Crippen LogP contribution < -0.4 is 5.32 Å². The van der Waals surface area contributed by atoms with Gasteiger partial charge in [-0.1, -0.05) is 49.4 Å². The smallest absolute Gasteiger partial charge is 0.251 e. The van der Waals surface area contributed by atoms with E-state index in [1.165, 1.54) is 0 Å². The maximum Gasteiger partial charge on any atom is 0.251 e. The van der Waals surface area contributed by atoms with Crippen LogP contribution in [0.1, 0.15) is 56.8 Å². The maximum absolute atomic E-state index is 13.5. The molecule has 2 aromatic carbocycles. The standard InChI is InChI=1S/C30H41N3O4S/c1-5-38(36,37)20-25-19-26(32(4)21(2)3)14-15-28(25)33-17-16-27(30(33)35)31-29(34)24-13-9-12-23(18-24)22-10-7-6-8-11-22/h6-13,18,21,25-28H,5,14-17,19-20H2,1-4H3,(H,31,34)/t25-,26+,27-,28-/m0/s1. The lowest BCUT2D eigenvalue weighted by Crippen LogP contribution is -2.53. The summed E-state index contributed by atoms with van der Waals surface area (Å²) in [7, 11) is -1.09. The van der Waals surface area contributed by atoms with Crippen LogP contribution in [0.5, 0.6) is 0 Å². The number of carbonyl (C=O) groups is 2. The van der Waals surface area contributed by atoms with Gasteiger partial charge in [-0.25, -0.2) is 8.42 Å². The van der Waals surface area contributed by atoms with Crippen molar-refractivity contribution in [2.75, 3.05) is 25.1 Å². The molecule has 2 amide bonds. The van der Waals surface area contributed by atoms with Crippen LogP contribution >= 0.6 is 0 Å². The van der Waals surface area contributed by atoms with Gasteiger partial charge in [-0.15, -0.1) is 0 Å². The Bertz CT molecular complexity index is 1230. The first-order chi connectivity index (χ1) is 18.1. The number of hydrogen-bond acceptors (Lipinski definition) is 5. The lowest BCUT2D eigenvalue weighted by molar-refractivity contribution is -0.133. The minimum absolute atomic E-state index is 0.0999. The maximum atomic E-state index is 13.5. The lowest BCUT2D eigenvalue weighted by atomic mass is 9.81. The second kappa shape index (κ2) is 12.0. The van der Waals surface area contributed by atoms with Crippen LogP contribution in [0.4, 0.5) is 0 Å². The van der Waals surface area contributed by atoms with E-state index in [9.17, 15) is 18.0 Å². The van der Waals surface area contributed by atoms with Gasteiger partial charge in [0.05, 0.1) is 5.75 Å². The summed E-state index contributed by atoms with van der Waals surface area (Å²) in [4.78, 5) is 30.8. The first-order valence-corrected chi connectivity index (χ1v) is 15.6. The Morgan fingerprint density at radius 1 is 1.05 bits per heavy atom. The van der Waals surface area contributed by atoms with Crippen LogP contribution in [-0.2, 0) is 14.6 Å². The number of likely N-dealkylation sites (tertiary alicyclic amines) is 1. The molecule has 4 rings (SSSR count). The molecular formula is C30H41N3O4S. The van der Waals surface area contributed by atoms with Crippen LogP contribution in [0, 0.1) is 5.92 Å². The Morgan fingerprint density at radius 2 is 1.76 bits per heavy atom. The van der Waals surface area contributed by atoms with Gasteiger partial charge in [-0.2, -0.15) is 0 Å². The fraction of sp³-hybridized carbons (Fsp3) is 0.533. The molecule has 0 unspecified atom stereocenters. The second-order valence-electron chi connectivity index (χ2n) is 11.0. The first kappa shape index (κ1) is 28.3. The van der Waals surface area contributed by atoms with Crippen molar-refractivity contribution in [3.05, 3.63) is 60.2 Å². The number of rotatable bonds is 9. The third-order valence-electron chi connectivity index (χ3n) is 8.39. The molecule has 2 aromatic rings. The van der Waals surface area contributed by atoms with Gasteiger partial charge in [0, 0.05) is 36.0 Å². The van der Waals surface area contributed by atoms with E-state index in [4.69, 9.17) is 0 Å². The van der Waals surface area contributed by atoms with Gasteiger partial charge in [0.2, 0.25) is 5.91 Å². The number of hydrogen-bond donors (Lipinski definition) is 1. The minimum atomic E-state index is -3.19. The number of amides is 2. The van der Waals surface area contributed by atoms with Crippen LogP contribution in [0.2, 0.25) is 0 Å². The first-order valence-electron chi connectivity index (χ1n) is 13.8. The summed E-state index contributed by atoms with van der Waals surface area (Å²) in [5.74, 6) is -0.271. The molecule has 1 saturated heterocycles. The molecule has 0 radical (unpaired) electrons. The zero-order valence-corrected chi connectivity index (χ0v) is 23.8. The van der Waals surface area contributed by atoms with Gasteiger partial charge >= 0.3 is 0 Å². The van der Waals surface area contributed by atoms with E-state index in [1.807, 2.05) is 53.4 Å². The number of carbonyl (C=O) groups excluding carboxylic acids is 2. The van der Waals surface area contributed by atoms with Crippen molar-refractivity contribution in [1.82, 2.24) is 15.1 Å². The van der Waals surface area contributed by atoms with Crippen molar-refractivity contribution in [1.29, 1.82) is 0 Å². The Labute approximate surface area is 227 Å². The molecule has 2 aliphatic rings. The highest BCUT2D eigenvalue weighted by molar-refractivity contribution is 7.91. The third-order valence-corrected chi connectivity index (χ3v) is 10.2. The normalized spacial score (nSPS) is 24.3. The molecule has 0 aromatic heterocycles. The zero-order chi connectivity index (χ0) is 27.4. The molecule has 1 aliphatic heterocycles. The fourth-order valence-electron chi connectivity index (χ4n) is 5.93.